The highest BCUT2D eigenvalue weighted by atomic mass is 16.5. The molecule has 0 bridgehead atoms. The van der Waals surface area contributed by atoms with Crippen LogP contribution < -0.4 is 11.5 Å². The molecule has 6 nitrogen and oxygen atoms in total. The molecule has 0 aromatic heterocycles. The molecule has 0 radical (unpaired) electrons. The fraction of sp³-hybridized carbons (Fsp3) is 1.00. The summed E-state index contributed by atoms with van der Waals surface area (Å²) in [5.41, 5.74) is 11.1. The first-order valence-corrected chi connectivity index (χ1v) is 7.12. The van der Waals surface area contributed by atoms with Gasteiger partial charge in [-0.2, -0.15) is 0 Å². The zero-order valence-corrected chi connectivity index (χ0v) is 12.3. The minimum absolute atomic E-state index is 0.620. The van der Waals surface area contributed by atoms with E-state index in [0.29, 0.717) is 26.4 Å². The van der Waals surface area contributed by atoms with Crippen molar-refractivity contribution in [3.8, 4) is 0 Å². The van der Waals surface area contributed by atoms with Crippen molar-refractivity contribution in [2.45, 2.75) is 12.8 Å². The van der Waals surface area contributed by atoms with Crippen LogP contribution in [0.15, 0.2) is 0 Å². The van der Waals surface area contributed by atoms with E-state index in [9.17, 15) is 0 Å². The van der Waals surface area contributed by atoms with E-state index in [-0.39, 0.29) is 0 Å². The quantitative estimate of drug-likeness (QED) is 0.399. The van der Waals surface area contributed by atoms with Gasteiger partial charge in [0.15, 0.2) is 0 Å². The van der Waals surface area contributed by atoms with Gasteiger partial charge in [-0.1, -0.05) is 0 Å². The van der Waals surface area contributed by atoms with Gasteiger partial charge < -0.3 is 30.6 Å². The molecular weight excluding hydrogens is 246 g/mol. The van der Waals surface area contributed by atoms with Crippen LogP contribution in [0.2, 0.25) is 0 Å². The van der Waals surface area contributed by atoms with Crippen molar-refractivity contribution in [3.05, 3.63) is 0 Å². The maximum absolute atomic E-state index is 5.53. The lowest BCUT2D eigenvalue weighted by molar-refractivity contribution is 0.0194. The van der Waals surface area contributed by atoms with E-state index in [2.05, 4.69) is 4.90 Å². The lowest BCUT2D eigenvalue weighted by atomic mass is 10.3. The molecule has 0 saturated heterocycles. The summed E-state index contributed by atoms with van der Waals surface area (Å²) in [6.07, 6.45) is 2.04. The first kappa shape index (κ1) is 18.8. The standard InChI is InChI=1S/C13H31N3O3/c1-17-10-11-19-13-12-18-9-8-16(6-2-4-14)7-3-5-15/h2-15H2,1H3. The van der Waals surface area contributed by atoms with Crippen molar-refractivity contribution in [1.29, 1.82) is 0 Å². The van der Waals surface area contributed by atoms with Gasteiger partial charge in [-0.3, -0.25) is 0 Å². The molecule has 4 N–H and O–H groups in total. The normalized spacial score (nSPS) is 11.4. The predicted molar refractivity (Wildman–Crippen MR) is 77.3 cm³/mol. The highest BCUT2D eigenvalue weighted by molar-refractivity contribution is 4.58. The number of rotatable bonds is 15. The second kappa shape index (κ2) is 15.8. The molecule has 19 heavy (non-hydrogen) atoms. The Morgan fingerprint density at radius 3 is 1.79 bits per heavy atom. The smallest absolute Gasteiger partial charge is 0.0701 e. The van der Waals surface area contributed by atoms with Crippen LogP contribution in [0.3, 0.4) is 0 Å². The molecule has 0 aromatic carbocycles. The summed E-state index contributed by atoms with van der Waals surface area (Å²) >= 11 is 0. The summed E-state index contributed by atoms with van der Waals surface area (Å²) in [6, 6.07) is 0. The van der Waals surface area contributed by atoms with Crippen molar-refractivity contribution in [1.82, 2.24) is 4.90 Å². The molecule has 116 valence electrons. The number of hydrogen-bond acceptors (Lipinski definition) is 6. The third-order valence-electron chi connectivity index (χ3n) is 2.71. The highest BCUT2D eigenvalue weighted by Crippen LogP contribution is 1.94. The van der Waals surface area contributed by atoms with E-state index >= 15 is 0 Å². The molecule has 0 rings (SSSR count). The summed E-state index contributed by atoms with van der Waals surface area (Å²) in [6.45, 7) is 7.65. The lowest BCUT2D eigenvalue weighted by Gasteiger charge is -2.21. The summed E-state index contributed by atoms with van der Waals surface area (Å²) in [5, 5.41) is 0. The summed E-state index contributed by atoms with van der Waals surface area (Å²) in [7, 11) is 1.66. The maximum atomic E-state index is 5.53. The summed E-state index contributed by atoms with van der Waals surface area (Å²) in [5.74, 6) is 0. The fourth-order valence-electron chi connectivity index (χ4n) is 1.62. The van der Waals surface area contributed by atoms with Gasteiger partial charge in [-0.05, 0) is 39.0 Å². The van der Waals surface area contributed by atoms with Crippen molar-refractivity contribution in [2.24, 2.45) is 11.5 Å². The van der Waals surface area contributed by atoms with Crippen LogP contribution in [-0.2, 0) is 14.2 Å². The molecule has 0 aliphatic rings. The largest absolute Gasteiger partial charge is 0.382 e. The molecule has 0 atom stereocenters. The van der Waals surface area contributed by atoms with E-state index in [1.54, 1.807) is 7.11 Å². The Bertz CT molecular complexity index is 165. The molecule has 0 aliphatic carbocycles. The fourth-order valence-corrected chi connectivity index (χ4v) is 1.62. The molecule has 0 fully saturated rings. The Labute approximate surface area is 117 Å². The Kier molecular flexibility index (Phi) is 15.6. The van der Waals surface area contributed by atoms with Crippen LogP contribution in [0.1, 0.15) is 12.8 Å². The number of nitrogens with two attached hydrogens (primary N) is 2. The first-order chi connectivity index (χ1) is 9.35. The van der Waals surface area contributed by atoms with Crippen molar-refractivity contribution in [3.63, 3.8) is 0 Å². The molecule has 0 aromatic rings. The van der Waals surface area contributed by atoms with Crippen molar-refractivity contribution < 1.29 is 14.2 Å². The minimum atomic E-state index is 0.620. The van der Waals surface area contributed by atoms with E-state index in [1.807, 2.05) is 0 Å². The monoisotopic (exact) mass is 277 g/mol. The van der Waals surface area contributed by atoms with Crippen LogP contribution >= 0.6 is 0 Å². The van der Waals surface area contributed by atoms with Crippen LogP contribution in [0, 0.1) is 0 Å². The van der Waals surface area contributed by atoms with Gasteiger partial charge in [0, 0.05) is 13.7 Å². The average Bonchev–Trinajstić information content (AvgIpc) is 2.43. The Morgan fingerprint density at radius 1 is 0.737 bits per heavy atom. The summed E-state index contributed by atoms with van der Waals surface area (Å²) in [4.78, 5) is 2.35. The Hall–Kier alpha value is -0.240. The van der Waals surface area contributed by atoms with Gasteiger partial charge in [0.05, 0.1) is 33.0 Å². The zero-order chi connectivity index (χ0) is 14.2. The molecule has 0 heterocycles. The van der Waals surface area contributed by atoms with E-state index in [1.165, 1.54) is 0 Å². The average molecular weight is 277 g/mol. The van der Waals surface area contributed by atoms with Gasteiger partial charge in [-0.25, -0.2) is 0 Å². The Balaban J connectivity index is 3.40. The van der Waals surface area contributed by atoms with E-state index < -0.39 is 0 Å². The van der Waals surface area contributed by atoms with E-state index in [0.717, 1.165) is 52.2 Å². The van der Waals surface area contributed by atoms with Crippen LogP contribution in [0.4, 0.5) is 0 Å². The highest BCUT2D eigenvalue weighted by Gasteiger charge is 2.03. The number of ether oxygens (including phenoxy) is 3. The van der Waals surface area contributed by atoms with Gasteiger partial charge >= 0.3 is 0 Å². The lowest BCUT2D eigenvalue weighted by Crippen LogP contribution is -2.32. The molecule has 6 heteroatoms. The van der Waals surface area contributed by atoms with Gasteiger partial charge in [0.25, 0.3) is 0 Å². The molecule has 0 spiro atoms. The number of nitrogens with zero attached hydrogens (tertiary/aromatic N) is 1. The number of methoxy groups -OCH3 is 1. The van der Waals surface area contributed by atoms with Gasteiger partial charge in [-0.15, -0.1) is 0 Å². The number of hydrogen-bond donors (Lipinski definition) is 2. The molecule has 0 unspecified atom stereocenters. The molecule has 0 saturated carbocycles. The third-order valence-corrected chi connectivity index (χ3v) is 2.71. The van der Waals surface area contributed by atoms with Gasteiger partial charge in [0.1, 0.15) is 0 Å². The second-order valence-corrected chi connectivity index (χ2v) is 4.34. The SMILES string of the molecule is COCCOCCOCCN(CCCN)CCCN. The topological polar surface area (TPSA) is 83.0 Å². The minimum Gasteiger partial charge on any atom is -0.382 e. The van der Waals surface area contributed by atoms with Crippen molar-refractivity contribution >= 4 is 0 Å². The Morgan fingerprint density at radius 2 is 1.26 bits per heavy atom. The van der Waals surface area contributed by atoms with E-state index in [4.69, 9.17) is 25.7 Å². The maximum Gasteiger partial charge on any atom is 0.0701 e. The molecule has 0 aliphatic heterocycles. The van der Waals surface area contributed by atoms with Crippen LogP contribution in [-0.4, -0.2) is 77.8 Å². The van der Waals surface area contributed by atoms with Gasteiger partial charge in [0.2, 0.25) is 0 Å². The summed E-state index contributed by atoms with van der Waals surface area (Å²) < 4.78 is 15.7. The predicted octanol–water partition coefficient (Wildman–Crippen LogP) is -0.334. The zero-order valence-electron chi connectivity index (χ0n) is 12.3. The van der Waals surface area contributed by atoms with Crippen LogP contribution in [0.5, 0.6) is 0 Å². The molecular formula is C13H31N3O3. The van der Waals surface area contributed by atoms with Crippen LogP contribution in [0.25, 0.3) is 0 Å². The van der Waals surface area contributed by atoms with Crippen molar-refractivity contribution in [2.75, 3.05) is 72.9 Å². The first-order valence-electron chi connectivity index (χ1n) is 7.12. The third kappa shape index (κ3) is 14.0. The second-order valence-electron chi connectivity index (χ2n) is 4.34. The molecule has 0 amide bonds.